The Labute approximate surface area is 101 Å². The first-order valence-electron chi connectivity index (χ1n) is 0. The zero-order valence-corrected chi connectivity index (χ0v) is 10.8. The molecular formula is HLaLiTaZr. The van der Waals surface area contributed by atoms with Gasteiger partial charge in [-0.15, -0.1) is 0 Å². The van der Waals surface area contributed by atoms with E-state index in [1.165, 1.54) is 0 Å². The van der Waals surface area contributed by atoms with E-state index in [4.69, 9.17) is 0 Å². The van der Waals surface area contributed by atoms with Crippen molar-refractivity contribution in [2.24, 2.45) is 0 Å². The van der Waals surface area contributed by atoms with Crippen molar-refractivity contribution in [3.05, 3.63) is 0 Å². The van der Waals surface area contributed by atoms with Crippen molar-refractivity contribution in [3.63, 3.8) is 0 Å². The minimum atomic E-state index is 0. The summed E-state index contributed by atoms with van der Waals surface area (Å²) in [6.07, 6.45) is 0. The molecule has 0 aliphatic carbocycles. The van der Waals surface area contributed by atoms with E-state index in [0.29, 0.717) is 0 Å². The van der Waals surface area contributed by atoms with Crippen LogP contribution in [0, 0.1) is 35.6 Å². The second kappa shape index (κ2) is 16.1. The summed E-state index contributed by atoms with van der Waals surface area (Å²) >= 11 is 0. The van der Waals surface area contributed by atoms with Gasteiger partial charge in [-0.05, 0) is 0 Å². The van der Waals surface area contributed by atoms with Gasteiger partial charge < -0.3 is 0 Å². The van der Waals surface area contributed by atoms with Gasteiger partial charge in [0.15, 0.2) is 0 Å². The molecule has 0 rings (SSSR count). The van der Waals surface area contributed by atoms with Gasteiger partial charge in [-0.3, -0.25) is 0 Å². The fraction of sp³-hybridized carbons (Fsp3) is 0. The van der Waals surface area contributed by atoms with Crippen molar-refractivity contribution in [1.82, 2.24) is 0 Å². The summed E-state index contributed by atoms with van der Waals surface area (Å²) in [5.41, 5.74) is 0. The van der Waals surface area contributed by atoms with E-state index in [0.717, 1.165) is 0 Å². The molecule has 0 unspecified atom stereocenters. The van der Waals surface area contributed by atoms with Crippen LogP contribution in [0.4, 0.5) is 0 Å². The number of hydrogen-bond donors (Lipinski definition) is 0. The third kappa shape index (κ3) is 9.05. The van der Waals surface area contributed by atoms with Crippen LogP contribution in [-0.2, 0) is 48.6 Å². The van der Waals surface area contributed by atoms with Gasteiger partial charge >= 0.3 is 18.9 Å². The smallest absolute Gasteiger partial charge is 0 e. The van der Waals surface area contributed by atoms with Gasteiger partial charge in [0.25, 0.3) is 0 Å². The molecule has 0 heterocycles. The van der Waals surface area contributed by atoms with Crippen LogP contribution >= 0.6 is 0 Å². The average molecular weight is 419 g/mol. The summed E-state index contributed by atoms with van der Waals surface area (Å²) in [6.45, 7) is 0. The van der Waals surface area contributed by atoms with Crippen LogP contribution in [0.1, 0.15) is 0 Å². The van der Waals surface area contributed by atoms with Crippen LogP contribution in [-0.4, -0.2) is 18.9 Å². The molecule has 0 saturated carbocycles. The number of hydrogen-bond acceptors (Lipinski definition) is 0. The summed E-state index contributed by atoms with van der Waals surface area (Å²) in [5, 5.41) is 0. The maximum atomic E-state index is 0. The van der Waals surface area contributed by atoms with E-state index in [-0.39, 0.29) is 103 Å². The fourth-order valence-electron chi connectivity index (χ4n) is 0. The van der Waals surface area contributed by atoms with Gasteiger partial charge in [-0.25, -0.2) is 0 Å². The van der Waals surface area contributed by atoms with Crippen molar-refractivity contribution in [2.75, 3.05) is 0 Å². The molecule has 0 aromatic rings. The molecule has 0 fully saturated rings. The Kier molecular flexibility index (Phi) is 105. The van der Waals surface area contributed by atoms with E-state index in [1.54, 1.807) is 0 Å². The molecule has 4 heteroatoms. The van der Waals surface area contributed by atoms with E-state index in [2.05, 4.69) is 0 Å². The van der Waals surface area contributed by atoms with Crippen molar-refractivity contribution in [1.29, 1.82) is 0 Å². The predicted molar refractivity (Wildman–Crippen MR) is 7.15 cm³/mol. The van der Waals surface area contributed by atoms with Crippen molar-refractivity contribution in [2.45, 2.75) is 0 Å². The van der Waals surface area contributed by atoms with Gasteiger partial charge in [-0.1, -0.05) is 0 Å². The van der Waals surface area contributed by atoms with Gasteiger partial charge in [0.2, 0.25) is 0 Å². The number of rotatable bonds is 0. The predicted octanol–water partition coefficient (Wildman–Crippen LogP) is -0.653. The maximum Gasteiger partial charge on any atom is 0 e. The summed E-state index contributed by atoms with van der Waals surface area (Å²) in [6, 6.07) is 0. The summed E-state index contributed by atoms with van der Waals surface area (Å²) in [5.74, 6) is 0. The summed E-state index contributed by atoms with van der Waals surface area (Å²) in [7, 11) is 0. The zero-order chi connectivity index (χ0) is 0. The molecule has 0 atom stereocenters. The van der Waals surface area contributed by atoms with Crippen LogP contribution in [0.5, 0.6) is 0 Å². The van der Waals surface area contributed by atoms with E-state index >= 15 is 0 Å². The minimum absolute atomic E-state index is 0. The largest absolute Gasteiger partial charge is 0 e. The third-order valence-electron chi connectivity index (χ3n) is 0. The van der Waals surface area contributed by atoms with Crippen LogP contribution in [0.3, 0.4) is 0 Å². The molecule has 0 aromatic carbocycles. The molecule has 0 aromatic heterocycles. The quantitative estimate of drug-likeness (QED) is 0.458. The molecule has 0 saturated heterocycles. The first kappa shape index (κ1) is 26.2. The van der Waals surface area contributed by atoms with Crippen LogP contribution in [0.25, 0.3) is 0 Å². The molecule has 0 bridgehead atoms. The molecule has 2 radical (unpaired) electrons. The molecule has 0 N–H and O–H groups in total. The third-order valence-corrected chi connectivity index (χ3v) is 0. The molecule has 0 aliphatic heterocycles. The van der Waals surface area contributed by atoms with E-state index in [1.807, 2.05) is 0 Å². The van der Waals surface area contributed by atoms with Crippen LogP contribution in [0.15, 0.2) is 0 Å². The molecular weight excluding hydrogens is 418 g/mol. The van der Waals surface area contributed by atoms with Gasteiger partial charge in [0.1, 0.15) is 0 Å². The molecule has 0 aliphatic rings. The Bertz CT molecular complexity index is 8.00. The zero-order valence-electron chi connectivity index (χ0n) is 1.52. The normalized spacial score (nSPS) is 0. The first-order chi connectivity index (χ1) is 0. The molecule has 4 heavy (non-hydrogen) atoms. The minimum Gasteiger partial charge on any atom is 0 e. The van der Waals surface area contributed by atoms with Crippen molar-refractivity contribution < 1.29 is 84.2 Å². The Balaban J connectivity index is 0. The SMILES string of the molecule is [La].[LiH].[Ta].[Zr]. The van der Waals surface area contributed by atoms with Crippen LogP contribution in [0.2, 0.25) is 0 Å². The Morgan fingerprint density at radius 1 is 1.00 bits per heavy atom. The van der Waals surface area contributed by atoms with Crippen molar-refractivity contribution in [3.8, 4) is 0 Å². The summed E-state index contributed by atoms with van der Waals surface area (Å²) < 4.78 is 0. The molecule has 0 amide bonds. The van der Waals surface area contributed by atoms with Gasteiger partial charge in [0, 0.05) is 84.2 Å². The van der Waals surface area contributed by atoms with E-state index in [9.17, 15) is 0 Å². The van der Waals surface area contributed by atoms with Gasteiger partial charge in [0.05, 0.1) is 0 Å². The topological polar surface area (TPSA) is 0 Å². The Hall–Kier alpha value is 3.42. The van der Waals surface area contributed by atoms with Crippen molar-refractivity contribution >= 4 is 18.9 Å². The Morgan fingerprint density at radius 3 is 1.00 bits per heavy atom. The first-order valence-corrected chi connectivity index (χ1v) is 0. The van der Waals surface area contributed by atoms with Crippen LogP contribution < -0.4 is 0 Å². The standard InChI is InChI=1S/La.Li.Ta.Zr.H. The maximum absolute atomic E-state index is 0. The molecule has 14 valence electrons. The molecule has 0 spiro atoms. The van der Waals surface area contributed by atoms with E-state index < -0.39 is 0 Å². The summed E-state index contributed by atoms with van der Waals surface area (Å²) in [4.78, 5) is 0. The molecule has 0 nitrogen and oxygen atoms in total. The monoisotopic (exact) mass is 418 g/mol. The van der Waals surface area contributed by atoms with Gasteiger partial charge in [-0.2, -0.15) is 0 Å². The second-order valence-corrected chi connectivity index (χ2v) is 0. The average Bonchev–Trinajstić information content (AvgIpc) is 0. The fourth-order valence-corrected chi connectivity index (χ4v) is 0. The Morgan fingerprint density at radius 2 is 1.00 bits per heavy atom. The second-order valence-electron chi connectivity index (χ2n) is 0.